The average molecular weight is 417 g/mol. The van der Waals surface area contributed by atoms with Gasteiger partial charge in [-0.3, -0.25) is 4.79 Å². The summed E-state index contributed by atoms with van der Waals surface area (Å²) in [7, 11) is 0. The molecule has 1 aliphatic heterocycles. The number of likely N-dealkylation sites (N-methyl/N-ethyl adjacent to an activating group) is 1. The molecule has 1 aromatic heterocycles. The summed E-state index contributed by atoms with van der Waals surface area (Å²) in [6, 6.07) is 7.73. The van der Waals surface area contributed by atoms with Crippen LogP contribution in [0.3, 0.4) is 0 Å². The number of unbranched alkanes of at least 4 members (excludes halogenated alkanes) is 1. The van der Waals surface area contributed by atoms with Gasteiger partial charge in [0.1, 0.15) is 11.5 Å². The van der Waals surface area contributed by atoms with Gasteiger partial charge in [-0.1, -0.05) is 38.3 Å². The maximum atomic E-state index is 13.0. The SMILES string of the molecule is CCCCN(CC)CCNC(=O)c1nc(-c2ccc(Cl)cc2)n2c1CCCCC2. The van der Waals surface area contributed by atoms with E-state index < -0.39 is 0 Å². The number of hydrogen-bond acceptors (Lipinski definition) is 3. The molecule has 0 spiro atoms. The fourth-order valence-electron chi connectivity index (χ4n) is 3.94. The van der Waals surface area contributed by atoms with Crippen molar-refractivity contribution in [1.29, 1.82) is 0 Å². The Morgan fingerprint density at radius 1 is 1.17 bits per heavy atom. The van der Waals surface area contributed by atoms with Crippen LogP contribution >= 0.6 is 11.6 Å². The highest BCUT2D eigenvalue weighted by Crippen LogP contribution is 2.28. The van der Waals surface area contributed by atoms with E-state index in [2.05, 4.69) is 28.6 Å². The predicted molar refractivity (Wildman–Crippen MR) is 120 cm³/mol. The van der Waals surface area contributed by atoms with E-state index in [4.69, 9.17) is 16.6 Å². The molecule has 2 heterocycles. The molecule has 0 unspecified atom stereocenters. The molecule has 29 heavy (non-hydrogen) atoms. The Kier molecular flexibility index (Phi) is 8.13. The van der Waals surface area contributed by atoms with Crippen LogP contribution in [0.2, 0.25) is 5.02 Å². The maximum Gasteiger partial charge on any atom is 0.271 e. The normalized spacial score (nSPS) is 13.9. The largest absolute Gasteiger partial charge is 0.349 e. The number of hydrogen-bond donors (Lipinski definition) is 1. The molecule has 6 heteroatoms. The Bertz CT molecular complexity index is 800. The van der Waals surface area contributed by atoms with Crippen LogP contribution in [0.1, 0.15) is 62.1 Å². The van der Waals surface area contributed by atoms with Crippen molar-refractivity contribution in [2.75, 3.05) is 26.2 Å². The smallest absolute Gasteiger partial charge is 0.271 e. The van der Waals surface area contributed by atoms with Crippen LogP contribution in [0.4, 0.5) is 0 Å². The third-order valence-corrected chi connectivity index (χ3v) is 5.93. The first-order valence-electron chi connectivity index (χ1n) is 11.0. The number of nitrogens with one attached hydrogen (secondary N) is 1. The van der Waals surface area contributed by atoms with Gasteiger partial charge >= 0.3 is 0 Å². The summed E-state index contributed by atoms with van der Waals surface area (Å²) in [5, 5.41) is 3.81. The van der Waals surface area contributed by atoms with E-state index in [-0.39, 0.29) is 5.91 Å². The number of rotatable bonds is 9. The zero-order valence-corrected chi connectivity index (χ0v) is 18.5. The summed E-state index contributed by atoms with van der Waals surface area (Å²) in [6.45, 7) is 8.92. The number of carbonyl (C=O) groups excluding carboxylic acids is 1. The summed E-state index contributed by atoms with van der Waals surface area (Å²) in [4.78, 5) is 20.2. The van der Waals surface area contributed by atoms with Gasteiger partial charge in [-0.2, -0.15) is 0 Å². The van der Waals surface area contributed by atoms with Crippen LogP contribution in [0.15, 0.2) is 24.3 Å². The molecule has 1 N–H and O–H groups in total. The lowest BCUT2D eigenvalue weighted by atomic mass is 10.1. The quantitative estimate of drug-likeness (QED) is 0.639. The minimum absolute atomic E-state index is 0.0533. The van der Waals surface area contributed by atoms with E-state index in [1.807, 2.05) is 24.3 Å². The first-order valence-corrected chi connectivity index (χ1v) is 11.4. The van der Waals surface area contributed by atoms with Gasteiger partial charge in [0.15, 0.2) is 0 Å². The number of fused-ring (bicyclic) bond motifs is 1. The lowest BCUT2D eigenvalue weighted by Crippen LogP contribution is -2.35. The average Bonchev–Trinajstić information content (AvgIpc) is 2.92. The molecule has 158 valence electrons. The molecular formula is C23H33ClN4O. The van der Waals surface area contributed by atoms with Crippen molar-refractivity contribution in [3.05, 3.63) is 40.7 Å². The van der Waals surface area contributed by atoms with Crippen molar-refractivity contribution < 1.29 is 4.79 Å². The van der Waals surface area contributed by atoms with E-state index in [1.165, 1.54) is 19.3 Å². The summed E-state index contributed by atoms with van der Waals surface area (Å²) in [5.41, 5.74) is 2.67. The molecule has 0 bridgehead atoms. The molecule has 0 saturated heterocycles. The van der Waals surface area contributed by atoms with Crippen molar-refractivity contribution >= 4 is 17.5 Å². The number of benzene rings is 1. The van der Waals surface area contributed by atoms with Crippen molar-refractivity contribution in [3.63, 3.8) is 0 Å². The highest BCUT2D eigenvalue weighted by molar-refractivity contribution is 6.30. The van der Waals surface area contributed by atoms with Gasteiger partial charge < -0.3 is 14.8 Å². The van der Waals surface area contributed by atoms with Crippen LogP contribution in [0, 0.1) is 0 Å². The van der Waals surface area contributed by atoms with Crippen LogP contribution in [0.25, 0.3) is 11.4 Å². The third kappa shape index (κ3) is 5.61. The van der Waals surface area contributed by atoms with Crippen LogP contribution in [-0.2, 0) is 13.0 Å². The zero-order valence-electron chi connectivity index (χ0n) is 17.7. The first kappa shape index (κ1) is 21.8. The number of imidazole rings is 1. The second kappa shape index (κ2) is 10.8. The van der Waals surface area contributed by atoms with E-state index in [1.54, 1.807) is 0 Å². The molecule has 0 saturated carbocycles. The number of halogens is 1. The molecule has 1 amide bonds. The monoisotopic (exact) mass is 416 g/mol. The fraction of sp³-hybridized carbons (Fsp3) is 0.565. The fourth-order valence-corrected chi connectivity index (χ4v) is 4.07. The van der Waals surface area contributed by atoms with Gasteiger partial charge in [-0.15, -0.1) is 0 Å². The van der Waals surface area contributed by atoms with Gasteiger partial charge in [-0.25, -0.2) is 4.98 Å². The number of amides is 1. The Labute approximate surface area is 179 Å². The molecule has 1 aromatic carbocycles. The molecule has 0 atom stereocenters. The number of aromatic nitrogens is 2. The van der Waals surface area contributed by atoms with Gasteiger partial charge in [0.05, 0.1) is 5.69 Å². The Morgan fingerprint density at radius 3 is 2.69 bits per heavy atom. The van der Waals surface area contributed by atoms with Gasteiger partial charge in [0.2, 0.25) is 0 Å². The van der Waals surface area contributed by atoms with Crippen molar-refractivity contribution in [2.45, 2.75) is 58.9 Å². The topological polar surface area (TPSA) is 50.2 Å². The highest BCUT2D eigenvalue weighted by Gasteiger charge is 2.24. The van der Waals surface area contributed by atoms with Crippen molar-refractivity contribution in [1.82, 2.24) is 19.8 Å². The summed E-state index contributed by atoms with van der Waals surface area (Å²) < 4.78 is 2.24. The van der Waals surface area contributed by atoms with Crippen LogP contribution < -0.4 is 5.32 Å². The molecule has 5 nitrogen and oxygen atoms in total. The maximum absolute atomic E-state index is 13.0. The minimum Gasteiger partial charge on any atom is -0.349 e. The molecule has 1 aliphatic rings. The van der Waals surface area contributed by atoms with Gasteiger partial charge in [0.25, 0.3) is 5.91 Å². The second-order valence-electron chi connectivity index (χ2n) is 7.74. The molecule has 2 aromatic rings. The predicted octanol–water partition coefficient (Wildman–Crippen LogP) is 4.78. The van der Waals surface area contributed by atoms with E-state index in [0.29, 0.717) is 17.3 Å². The Hall–Kier alpha value is -1.85. The van der Waals surface area contributed by atoms with E-state index in [0.717, 1.165) is 62.5 Å². The zero-order chi connectivity index (χ0) is 20.6. The summed E-state index contributed by atoms with van der Waals surface area (Å²) >= 11 is 6.06. The molecule has 0 aliphatic carbocycles. The van der Waals surface area contributed by atoms with Crippen LogP contribution in [0.5, 0.6) is 0 Å². The van der Waals surface area contributed by atoms with Gasteiger partial charge in [-0.05, 0) is 63.0 Å². The number of nitrogens with zero attached hydrogens (tertiary/aromatic N) is 3. The van der Waals surface area contributed by atoms with E-state index >= 15 is 0 Å². The third-order valence-electron chi connectivity index (χ3n) is 5.67. The molecule has 3 rings (SSSR count). The Balaban J connectivity index is 1.76. The highest BCUT2D eigenvalue weighted by atomic mass is 35.5. The molecular weight excluding hydrogens is 384 g/mol. The number of carbonyl (C=O) groups is 1. The minimum atomic E-state index is -0.0533. The van der Waals surface area contributed by atoms with Gasteiger partial charge in [0, 0.05) is 30.2 Å². The lowest BCUT2D eigenvalue weighted by Gasteiger charge is -2.20. The standard InChI is InChI=1S/C23H33ClN4O/c1-3-5-15-27(4-2)17-14-25-23(29)21-20-9-7-6-8-16-28(20)22(26-21)18-10-12-19(24)13-11-18/h10-13H,3-9,14-17H2,1-2H3,(H,25,29). The van der Waals surface area contributed by atoms with Crippen molar-refractivity contribution in [3.8, 4) is 11.4 Å². The second-order valence-corrected chi connectivity index (χ2v) is 8.18. The van der Waals surface area contributed by atoms with Crippen LogP contribution in [-0.4, -0.2) is 46.5 Å². The summed E-state index contributed by atoms with van der Waals surface area (Å²) in [6.07, 6.45) is 6.70. The summed E-state index contributed by atoms with van der Waals surface area (Å²) in [5.74, 6) is 0.823. The first-order chi connectivity index (χ1) is 14.1. The molecule has 0 radical (unpaired) electrons. The van der Waals surface area contributed by atoms with E-state index in [9.17, 15) is 4.79 Å². The Morgan fingerprint density at radius 2 is 1.97 bits per heavy atom. The van der Waals surface area contributed by atoms with Crippen molar-refractivity contribution in [2.24, 2.45) is 0 Å². The molecule has 0 fully saturated rings. The lowest BCUT2D eigenvalue weighted by molar-refractivity contribution is 0.0943.